The summed E-state index contributed by atoms with van der Waals surface area (Å²) < 4.78 is -1.05. The highest BCUT2D eigenvalue weighted by atomic mass is 32.2. The minimum Gasteiger partial charge on any atom is -0.380 e. The summed E-state index contributed by atoms with van der Waals surface area (Å²) in [5.74, 6) is -0.395. The molecule has 2 atom stereocenters. The molecule has 1 aliphatic rings. The Morgan fingerprint density at radius 3 is 2.39 bits per heavy atom. The fourth-order valence-corrected chi connectivity index (χ4v) is 3.79. The summed E-state index contributed by atoms with van der Waals surface area (Å²) >= 11 is 1.30. The molecule has 0 bridgehead atoms. The van der Waals surface area contributed by atoms with Gasteiger partial charge in [-0.3, -0.25) is 9.59 Å². The highest BCUT2D eigenvalue weighted by Gasteiger charge is 2.60. The van der Waals surface area contributed by atoms with Gasteiger partial charge in [0, 0.05) is 11.3 Å². The quantitative estimate of drug-likeness (QED) is 0.909. The number of hydrogen-bond acceptors (Lipinski definition) is 4. The van der Waals surface area contributed by atoms with Crippen LogP contribution in [0.25, 0.3) is 0 Å². The Kier molecular flexibility index (Phi) is 3.34. The molecule has 1 aliphatic carbocycles. The molecule has 3 nitrogen and oxygen atoms in total. The van der Waals surface area contributed by atoms with Crippen LogP contribution in [-0.2, 0) is 9.59 Å². The average Bonchev–Trinajstić information content (AvgIpc) is 2.55. The molecule has 1 fully saturated rings. The Labute approximate surface area is 111 Å². The summed E-state index contributed by atoms with van der Waals surface area (Å²) in [5.41, 5.74) is -1.58. The lowest BCUT2D eigenvalue weighted by Gasteiger charge is -2.35. The molecule has 4 heteroatoms. The number of ketones is 2. The first-order valence-electron chi connectivity index (χ1n) is 5.91. The van der Waals surface area contributed by atoms with Crippen molar-refractivity contribution >= 4 is 23.3 Å². The molecule has 0 spiro atoms. The molecular formula is C14H16O3S. The topological polar surface area (TPSA) is 54.4 Å². The number of carbonyl (C=O) groups excluding carboxylic acids is 2. The summed E-state index contributed by atoms with van der Waals surface area (Å²) in [6.07, 6.45) is 0.653. The molecule has 0 saturated heterocycles. The Morgan fingerprint density at radius 2 is 1.94 bits per heavy atom. The summed E-state index contributed by atoms with van der Waals surface area (Å²) in [6.45, 7) is 2.91. The van der Waals surface area contributed by atoms with Gasteiger partial charge in [0.15, 0.2) is 5.78 Å². The van der Waals surface area contributed by atoms with Crippen LogP contribution in [-0.4, -0.2) is 27.0 Å². The third-order valence-electron chi connectivity index (χ3n) is 3.64. The van der Waals surface area contributed by atoms with Gasteiger partial charge in [0.2, 0.25) is 0 Å². The monoisotopic (exact) mass is 264 g/mol. The number of rotatable bonds is 3. The largest absolute Gasteiger partial charge is 0.380 e. The first-order valence-corrected chi connectivity index (χ1v) is 6.72. The van der Waals surface area contributed by atoms with Gasteiger partial charge < -0.3 is 5.11 Å². The van der Waals surface area contributed by atoms with Crippen molar-refractivity contribution in [1.29, 1.82) is 0 Å². The minimum absolute atomic E-state index is 0.146. The maximum absolute atomic E-state index is 12.0. The molecule has 2 rings (SSSR count). The van der Waals surface area contributed by atoms with Crippen molar-refractivity contribution in [2.45, 2.75) is 41.9 Å². The van der Waals surface area contributed by atoms with Crippen molar-refractivity contribution in [3.63, 3.8) is 0 Å². The predicted molar refractivity (Wildman–Crippen MR) is 70.6 cm³/mol. The van der Waals surface area contributed by atoms with E-state index >= 15 is 0 Å². The van der Waals surface area contributed by atoms with E-state index in [9.17, 15) is 14.7 Å². The van der Waals surface area contributed by atoms with Crippen LogP contribution in [0.4, 0.5) is 0 Å². The average molecular weight is 264 g/mol. The van der Waals surface area contributed by atoms with Gasteiger partial charge >= 0.3 is 0 Å². The molecule has 1 N–H and O–H groups in total. The van der Waals surface area contributed by atoms with Crippen molar-refractivity contribution in [2.75, 3.05) is 0 Å². The van der Waals surface area contributed by atoms with E-state index in [1.165, 1.54) is 25.6 Å². The van der Waals surface area contributed by atoms with Gasteiger partial charge in [-0.25, -0.2) is 0 Å². The molecule has 1 aromatic rings. The van der Waals surface area contributed by atoms with Crippen LogP contribution in [0.1, 0.15) is 26.7 Å². The van der Waals surface area contributed by atoms with Crippen molar-refractivity contribution in [3.8, 4) is 0 Å². The smallest absolute Gasteiger partial charge is 0.166 e. The van der Waals surface area contributed by atoms with E-state index in [-0.39, 0.29) is 18.0 Å². The predicted octanol–water partition coefficient (Wildman–Crippen LogP) is 2.22. The Bertz CT molecular complexity index is 481. The molecule has 0 aliphatic heterocycles. The van der Waals surface area contributed by atoms with Crippen molar-refractivity contribution in [3.05, 3.63) is 30.3 Å². The van der Waals surface area contributed by atoms with Gasteiger partial charge in [0.05, 0.1) is 0 Å². The van der Waals surface area contributed by atoms with Crippen LogP contribution < -0.4 is 0 Å². The van der Waals surface area contributed by atoms with Crippen LogP contribution >= 0.6 is 11.8 Å². The molecule has 0 aromatic heterocycles. The zero-order chi connectivity index (χ0) is 13.4. The van der Waals surface area contributed by atoms with E-state index in [1.54, 1.807) is 0 Å². The van der Waals surface area contributed by atoms with E-state index in [4.69, 9.17) is 0 Å². The second kappa shape index (κ2) is 4.52. The van der Waals surface area contributed by atoms with Gasteiger partial charge in [-0.1, -0.05) is 18.2 Å². The van der Waals surface area contributed by atoms with Crippen molar-refractivity contribution in [1.82, 2.24) is 0 Å². The van der Waals surface area contributed by atoms with Crippen molar-refractivity contribution < 1.29 is 14.7 Å². The zero-order valence-electron chi connectivity index (χ0n) is 10.5. The van der Waals surface area contributed by atoms with Crippen LogP contribution in [0.5, 0.6) is 0 Å². The highest BCUT2D eigenvalue weighted by molar-refractivity contribution is 8.01. The molecule has 0 radical (unpaired) electrons. The fraction of sp³-hybridized carbons (Fsp3) is 0.429. The molecule has 18 heavy (non-hydrogen) atoms. The Hall–Kier alpha value is -1.13. The Balaban J connectivity index is 2.41. The SMILES string of the molecule is CC(=O)C1(Sc2ccccc2)CCC(=O)C1(C)O. The highest BCUT2D eigenvalue weighted by Crippen LogP contribution is 2.50. The molecule has 1 saturated carbocycles. The standard InChI is InChI=1S/C14H16O3S/c1-10(15)14(9-8-12(16)13(14,2)17)18-11-6-4-3-5-7-11/h3-7,17H,8-9H2,1-2H3. The summed E-state index contributed by atoms with van der Waals surface area (Å²) in [7, 11) is 0. The molecule has 96 valence electrons. The second-order valence-corrected chi connectivity index (χ2v) is 6.17. The lowest BCUT2D eigenvalue weighted by Crippen LogP contribution is -2.53. The third kappa shape index (κ3) is 1.89. The molecule has 0 heterocycles. The van der Waals surface area contributed by atoms with Crippen LogP contribution in [0.15, 0.2) is 35.2 Å². The number of benzene rings is 1. The van der Waals surface area contributed by atoms with E-state index in [0.717, 1.165) is 4.90 Å². The van der Waals surface area contributed by atoms with E-state index in [2.05, 4.69) is 0 Å². The normalized spacial score (nSPS) is 31.6. The molecule has 1 aromatic carbocycles. The van der Waals surface area contributed by atoms with Crippen LogP contribution in [0, 0.1) is 0 Å². The lowest BCUT2D eigenvalue weighted by molar-refractivity contribution is -0.138. The van der Waals surface area contributed by atoms with Gasteiger partial charge in [-0.15, -0.1) is 11.8 Å². The number of aliphatic hydroxyl groups is 1. The summed E-state index contributed by atoms with van der Waals surface area (Å²) in [4.78, 5) is 24.7. The number of hydrogen-bond donors (Lipinski definition) is 1. The van der Waals surface area contributed by atoms with Crippen molar-refractivity contribution in [2.24, 2.45) is 0 Å². The third-order valence-corrected chi connectivity index (χ3v) is 5.38. The van der Waals surface area contributed by atoms with Gasteiger partial charge in [0.25, 0.3) is 0 Å². The second-order valence-electron chi connectivity index (χ2n) is 4.79. The van der Waals surface area contributed by atoms with Gasteiger partial charge in [-0.05, 0) is 32.4 Å². The van der Waals surface area contributed by atoms with E-state index in [0.29, 0.717) is 6.42 Å². The van der Waals surface area contributed by atoms with Gasteiger partial charge in [0.1, 0.15) is 16.1 Å². The summed E-state index contributed by atoms with van der Waals surface area (Å²) in [6, 6.07) is 9.41. The van der Waals surface area contributed by atoms with Crippen LogP contribution in [0.2, 0.25) is 0 Å². The van der Waals surface area contributed by atoms with Crippen LogP contribution in [0.3, 0.4) is 0 Å². The number of thioether (sulfide) groups is 1. The van der Waals surface area contributed by atoms with E-state index in [1.807, 2.05) is 30.3 Å². The lowest BCUT2D eigenvalue weighted by atomic mass is 9.88. The molecule has 2 unspecified atom stereocenters. The maximum Gasteiger partial charge on any atom is 0.166 e. The number of carbonyl (C=O) groups is 2. The van der Waals surface area contributed by atoms with Gasteiger partial charge in [-0.2, -0.15) is 0 Å². The summed E-state index contributed by atoms with van der Waals surface area (Å²) in [5, 5.41) is 10.4. The first kappa shape index (κ1) is 13.3. The minimum atomic E-state index is -1.58. The fourth-order valence-electron chi connectivity index (χ4n) is 2.43. The van der Waals surface area contributed by atoms with E-state index < -0.39 is 10.3 Å². The number of Topliss-reactive ketones (excluding diaryl/α,β-unsaturated/α-hetero) is 2. The molecular weight excluding hydrogens is 248 g/mol. The Morgan fingerprint density at radius 1 is 1.33 bits per heavy atom. The first-order chi connectivity index (χ1) is 8.40. The zero-order valence-corrected chi connectivity index (χ0v) is 11.3. The molecule has 0 amide bonds. The maximum atomic E-state index is 12.0.